The van der Waals surface area contributed by atoms with Crippen molar-refractivity contribution < 1.29 is 27.8 Å². The Labute approximate surface area is 160 Å². The molecule has 0 radical (unpaired) electrons. The number of halogens is 2. The lowest BCUT2D eigenvalue weighted by molar-refractivity contribution is -0.115. The summed E-state index contributed by atoms with van der Waals surface area (Å²) in [4.78, 5) is 24.1. The number of amides is 2. The number of methoxy groups -OCH3 is 2. The van der Waals surface area contributed by atoms with Gasteiger partial charge in [-0.1, -0.05) is 0 Å². The highest BCUT2D eigenvalue weighted by Gasteiger charge is 2.12. The number of hydrogen-bond acceptors (Lipinski definition) is 5. The van der Waals surface area contributed by atoms with Crippen molar-refractivity contribution in [3.05, 3.63) is 53.6 Å². The number of nitrogens with one attached hydrogen (secondary N) is 2. The summed E-state index contributed by atoms with van der Waals surface area (Å²) in [6, 6.07) is 7.42. The second kappa shape index (κ2) is 9.45. The maximum absolute atomic E-state index is 13.5. The molecule has 0 atom stereocenters. The van der Waals surface area contributed by atoms with Crippen LogP contribution in [0.5, 0.6) is 11.5 Å². The van der Waals surface area contributed by atoms with Crippen molar-refractivity contribution in [3.8, 4) is 11.5 Å². The van der Waals surface area contributed by atoms with Crippen LogP contribution in [0.3, 0.4) is 0 Å². The van der Waals surface area contributed by atoms with Crippen molar-refractivity contribution >= 4 is 23.2 Å². The molecule has 0 fully saturated rings. The van der Waals surface area contributed by atoms with E-state index >= 15 is 0 Å². The molecular weight excluding hydrogens is 372 g/mol. The monoisotopic (exact) mass is 391 g/mol. The second-order valence-corrected chi connectivity index (χ2v) is 5.71. The van der Waals surface area contributed by atoms with Gasteiger partial charge in [-0.15, -0.1) is 0 Å². The fraction of sp³-hybridized carbons (Fsp3) is 0.211. The van der Waals surface area contributed by atoms with Gasteiger partial charge in [0.25, 0.3) is 5.91 Å². The molecule has 0 saturated heterocycles. The smallest absolute Gasteiger partial charge is 0.271 e. The molecule has 0 aromatic heterocycles. The molecule has 0 aliphatic carbocycles. The molecule has 2 amide bonds. The molecule has 148 valence electrons. The molecule has 28 heavy (non-hydrogen) atoms. The van der Waals surface area contributed by atoms with Crippen LogP contribution in [0.2, 0.25) is 0 Å². The predicted molar refractivity (Wildman–Crippen MR) is 99.7 cm³/mol. The topological polar surface area (TPSA) is 89.0 Å². The molecule has 7 nitrogen and oxygen atoms in total. The molecule has 0 saturated carbocycles. The van der Waals surface area contributed by atoms with Gasteiger partial charge in [-0.3, -0.25) is 9.59 Å². The third-order valence-corrected chi connectivity index (χ3v) is 3.62. The van der Waals surface area contributed by atoms with E-state index in [0.29, 0.717) is 17.6 Å². The van der Waals surface area contributed by atoms with E-state index in [9.17, 15) is 18.4 Å². The Hall–Kier alpha value is -3.49. The average Bonchev–Trinajstić information content (AvgIpc) is 2.67. The minimum absolute atomic E-state index is 0.145. The molecule has 2 aromatic rings. The highest BCUT2D eigenvalue weighted by Crippen LogP contribution is 2.27. The van der Waals surface area contributed by atoms with Crippen LogP contribution in [0, 0.1) is 11.6 Å². The van der Waals surface area contributed by atoms with E-state index in [4.69, 9.17) is 9.47 Å². The van der Waals surface area contributed by atoms with Crippen molar-refractivity contribution in [1.82, 2.24) is 5.43 Å². The van der Waals surface area contributed by atoms with Crippen LogP contribution in [0.25, 0.3) is 0 Å². The number of carbonyl (C=O) groups is 2. The molecule has 0 unspecified atom stereocenters. The summed E-state index contributed by atoms with van der Waals surface area (Å²) < 4.78 is 36.7. The number of hydrazone groups is 1. The number of benzene rings is 2. The summed E-state index contributed by atoms with van der Waals surface area (Å²) in [5.74, 6) is -1.84. The van der Waals surface area contributed by atoms with Crippen molar-refractivity contribution in [1.29, 1.82) is 0 Å². The van der Waals surface area contributed by atoms with E-state index in [-0.39, 0.29) is 23.4 Å². The first-order chi connectivity index (χ1) is 13.3. The molecule has 2 rings (SSSR count). The molecule has 0 aliphatic rings. The number of hydrogen-bond donors (Lipinski definition) is 2. The molecule has 0 aliphatic heterocycles. The van der Waals surface area contributed by atoms with Crippen LogP contribution in [-0.4, -0.2) is 31.7 Å². The molecule has 0 bridgehead atoms. The Balaban J connectivity index is 1.96. The minimum atomic E-state index is -0.885. The quantitative estimate of drug-likeness (QED) is 0.561. The predicted octanol–water partition coefficient (Wildman–Crippen LogP) is 3.12. The SMILES string of the molecule is COc1ccc(C(=O)NN=C(C)CC(=O)Nc2ccc(F)cc2F)cc1OC. The Kier molecular flexibility index (Phi) is 7.02. The van der Waals surface area contributed by atoms with E-state index in [1.165, 1.54) is 33.3 Å². The zero-order valence-corrected chi connectivity index (χ0v) is 15.5. The van der Waals surface area contributed by atoms with Gasteiger partial charge in [0.2, 0.25) is 5.91 Å². The number of rotatable bonds is 7. The maximum atomic E-state index is 13.5. The minimum Gasteiger partial charge on any atom is -0.493 e. The standard InChI is InChI=1S/C19H19F2N3O4/c1-11(8-18(25)22-15-6-5-13(20)10-14(15)21)23-24-19(26)12-4-7-16(27-2)17(9-12)28-3/h4-7,9-10H,8H2,1-3H3,(H,22,25)(H,24,26). The highest BCUT2D eigenvalue weighted by atomic mass is 19.1. The van der Waals surface area contributed by atoms with Crippen molar-refractivity contribution in [3.63, 3.8) is 0 Å². The molecule has 9 heteroatoms. The van der Waals surface area contributed by atoms with E-state index < -0.39 is 23.4 Å². The normalized spacial score (nSPS) is 11.0. The van der Waals surface area contributed by atoms with Gasteiger partial charge in [0.05, 0.1) is 26.3 Å². The summed E-state index contributed by atoms with van der Waals surface area (Å²) in [6.07, 6.45) is -0.191. The lowest BCUT2D eigenvalue weighted by atomic mass is 10.2. The van der Waals surface area contributed by atoms with E-state index in [1.807, 2.05) is 0 Å². The second-order valence-electron chi connectivity index (χ2n) is 5.71. The van der Waals surface area contributed by atoms with Gasteiger partial charge in [0.1, 0.15) is 11.6 Å². The van der Waals surface area contributed by atoms with Crippen molar-refractivity contribution in [2.24, 2.45) is 5.10 Å². The van der Waals surface area contributed by atoms with Gasteiger partial charge in [-0.25, -0.2) is 14.2 Å². The van der Waals surface area contributed by atoms with Gasteiger partial charge in [-0.2, -0.15) is 5.10 Å². The van der Waals surface area contributed by atoms with Crippen LogP contribution < -0.4 is 20.2 Å². The first kappa shape index (κ1) is 20.8. The van der Waals surface area contributed by atoms with Crippen LogP contribution in [-0.2, 0) is 4.79 Å². The first-order valence-corrected chi connectivity index (χ1v) is 8.14. The third-order valence-electron chi connectivity index (χ3n) is 3.62. The van der Waals surface area contributed by atoms with E-state index in [0.717, 1.165) is 12.1 Å². The lowest BCUT2D eigenvalue weighted by Crippen LogP contribution is -2.21. The Morgan fingerprint density at radius 2 is 1.75 bits per heavy atom. The average molecular weight is 391 g/mol. The van der Waals surface area contributed by atoms with Gasteiger partial charge in [-0.05, 0) is 37.3 Å². The maximum Gasteiger partial charge on any atom is 0.271 e. The van der Waals surface area contributed by atoms with Crippen LogP contribution >= 0.6 is 0 Å². The Morgan fingerprint density at radius 3 is 2.39 bits per heavy atom. The van der Waals surface area contributed by atoms with Gasteiger partial charge >= 0.3 is 0 Å². The number of anilines is 1. The van der Waals surface area contributed by atoms with Gasteiger partial charge < -0.3 is 14.8 Å². The van der Waals surface area contributed by atoms with E-state index in [2.05, 4.69) is 15.8 Å². The summed E-state index contributed by atoms with van der Waals surface area (Å²) in [6.45, 7) is 1.52. The van der Waals surface area contributed by atoms with Crippen LogP contribution in [0.1, 0.15) is 23.7 Å². The fourth-order valence-electron chi connectivity index (χ4n) is 2.25. The third kappa shape index (κ3) is 5.50. The number of nitrogens with zero attached hydrogens (tertiary/aromatic N) is 1. The van der Waals surface area contributed by atoms with E-state index in [1.54, 1.807) is 6.07 Å². The molecule has 2 N–H and O–H groups in total. The largest absolute Gasteiger partial charge is 0.493 e. The van der Waals surface area contributed by atoms with Crippen LogP contribution in [0.4, 0.5) is 14.5 Å². The molecule has 2 aromatic carbocycles. The zero-order valence-electron chi connectivity index (χ0n) is 15.5. The number of carbonyl (C=O) groups excluding carboxylic acids is 2. The summed E-state index contributed by atoms with van der Waals surface area (Å²) in [7, 11) is 2.93. The summed E-state index contributed by atoms with van der Waals surface area (Å²) >= 11 is 0. The van der Waals surface area contributed by atoms with Crippen LogP contribution in [0.15, 0.2) is 41.5 Å². The van der Waals surface area contributed by atoms with Crippen molar-refractivity contribution in [2.75, 3.05) is 19.5 Å². The molecule has 0 spiro atoms. The summed E-state index contributed by atoms with van der Waals surface area (Å²) in [5, 5.41) is 6.16. The lowest BCUT2D eigenvalue weighted by Gasteiger charge is -2.09. The van der Waals surface area contributed by atoms with Gasteiger partial charge in [0, 0.05) is 17.3 Å². The Bertz CT molecular complexity index is 916. The van der Waals surface area contributed by atoms with Crippen molar-refractivity contribution in [2.45, 2.75) is 13.3 Å². The zero-order chi connectivity index (χ0) is 20.7. The van der Waals surface area contributed by atoms with Gasteiger partial charge in [0.15, 0.2) is 11.5 Å². The summed E-state index contributed by atoms with van der Waals surface area (Å²) in [5.41, 5.74) is 2.75. The Morgan fingerprint density at radius 1 is 1.04 bits per heavy atom. The fourth-order valence-corrected chi connectivity index (χ4v) is 2.25. The molecule has 0 heterocycles. The molecular formula is C19H19F2N3O4. The number of ether oxygens (including phenoxy) is 2. The first-order valence-electron chi connectivity index (χ1n) is 8.14. The highest BCUT2D eigenvalue weighted by molar-refractivity contribution is 6.06.